The zero-order chi connectivity index (χ0) is 6.20. The fraction of sp³-hybridized carbons (Fsp3) is 1.00. The van der Waals surface area contributed by atoms with Gasteiger partial charge < -0.3 is 4.74 Å². The molecular formula is C6H11BrO. The van der Waals surface area contributed by atoms with Crippen LogP contribution >= 0.6 is 15.9 Å². The van der Waals surface area contributed by atoms with E-state index < -0.39 is 0 Å². The van der Waals surface area contributed by atoms with Crippen LogP contribution in [0.25, 0.3) is 0 Å². The summed E-state index contributed by atoms with van der Waals surface area (Å²) in [6, 6.07) is 0. The smallest absolute Gasteiger partial charge is 0.113 e. The Morgan fingerprint density at radius 1 is 1.62 bits per heavy atom. The molecule has 1 aliphatic rings. The van der Waals surface area contributed by atoms with Crippen molar-refractivity contribution in [1.82, 2.24) is 0 Å². The van der Waals surface area contributed by atoms with Crippen molar-refractivity contribution in [2.24, 2.45) is 0 Å². The van der Waals surface area contributed by atoms with Gasteiger partial charge in [-0.15, -0.1) is 0 Å². The molecule has 2 heteroatoms. The van der Waals surface area contributed by atoms with Gasteiger partial charge in [0.05, 0.1) is 5.60 Å². The highest BCUT2D eigenvalue weighted by molar-refractivity contribution is 9.09. The van der Waals surface area contributed by atoms with E-state index in [1.807, 2.05) is 0 Å². The van der Waals surface area contributed by atoms with Crippen LogP contribution in [0.1, 0.15) is 26.7 Å². The first-order valence-electron chi connectivity index (χ1n) is 2.92. The van der Waals surface area contributed by atoms with Gasteiger partial charge >= 0.3 is 0 Å². The Labute approximate surface area is 58.5 Å². The lowest BCUT2D eigenvalue weighted by molar-refractivity contribution is 0.0246. The molecule has 0 spiro atoms. The molecule has 48 valence electrons. The van der Waals surface area contributed by atoms with E-state index in [-0.39, 0.29) is 5.60 Å². The number of hydrogen-bond acceptors (Lipinski definition) is 1. The van der Waals surface area contributed by atoms with E-state index in [1.54, 1.807) is 0 Å². The minimum atomic E-state index is 0.119. The van der Waals surface area contributed by atoms with Crippen molar-refractivity contribution in [2.75, 3.05) is 0 Å². The fourth-order valence-electron chi connectivity index (χ4n) is 0.925. The second kappa shape index (κ2) is 1.99. The molecule has 0 aromatic carbocycles. The topological polar surface area (TPSA) is 9.23 Å². The van der Waals surface area contributed by atoms with Crippen LogP contribution in [0.15, 0.2) is 0 Å². The highest BCUT2D eigenvalue weighted by atomic mass is 79.9. The molecule has 0 saturated carbocycles. The summed E-state index contributed by atoms with van der Waals surface area (Å²) in [5, 5.41) is 0.303. The first-order chi connectivity index (χ1) is 3.60. The van der Waals surface area contributed by atoms with Crippen LogP contribution in [0.3, 0.4) is 0 Å². The number of alkyl halides is 1. The summed E-state index contributed by atoms with van der Waals surface area (Å²) in [4.78, 5) is 0. The van der Waals surface area contributed by atoms with E-state index in [0.717, 1.165) is 6.42 Å². The van der Waals surface area contributed by atoms with Crippen molar-refractivity contribution >= 4 is 15.9 Å². The van der Waals surface area contributed by atoms with Gasteiger partial charge in [0.15, 0.2) is 0 Å². The molecular weight excluding hydrogens is 168 g/mol. The lowest BCUT2D eigenvalue weighted by Crippen LogP contribution is -2.17. The average Bonchev–Trinajstić information content (AvgIpc) is 1.82. The van der Waals surface area contributed by atoms with E-state index >= 15 is 0 Å². The number of rotatable bonds is 0. The van der Waals surface area contributed by atoms with E-state index in [0.29, 0.717) is 5.01 Å². The first kappa shape index (κ1) is 6.56. The quantitative estimate of drug-likeness (QED) is 0.518. The number of ether oxygens (including phenoxy) is 1. The summed E-state index contributed by atoms with van der Waals surface area (Å²) in [5.41, 5.74) is 0.119. The van der Waals surface area contributed by atoms with Crippen molar-refractivity contribution in [3.05, 3.63) is 0 Å². The molecule has 1 rings (SSSR count). The standard InChI is InChI=1S/C6H11BrO/c1-6(2)4-3-5(7)8-6/h5H,3-4H2,1-2H3. The van der Waals surface area contributed by atoms with Gasteiger partial charge in [0.1, 0.15) is 5.01 Å². The normalized spacial score (nSPS) is 35.6. The Balaban J connectivity index is 2.44. The number of halogens is 1. The van der Waals surface area contributed by atoms with E-state index in [9.17, 15) is 0 Å². The summed E-state index contributed by atoms with van der Waals surface area (Å²) in [7, 11) is 0. The lowest BCUT2D eigenvalue weighted by Gasteiger charge is -2.15. The van der Waals surface area contributed by atoms with Crippen LogP contribution in [0.4, 0.5) is 0 Å². The van der Waals surface area contributed by atoms with Gasteiger partial charge in [0.25, 0.3) is 0 Å². The maximum absolute atomic E-state index is 5.47. The summed E-state index contributed by atoms with van der Waals surface area (Å²) in [5.74, 6) is 0. The highest BCUT2D eigenvalue weighted by Crippen LogP contribution is 2.31. The molecule has 1 saturated heterocycles. The molecule has 1 heterocycles. The molecule has 8 heavy (non-hydrogen) atoms. The van der Waals surface area contributed by atoms with Crippen molar-refractivity contribution in [2.45, 2.75) is 37.3 Å². The molecule has 0 amide bonds. The third kappa shape index (κ3) is 1.46. The minimum Gasteiger partial charge on any atom is -0.361 e. The molecule has 1 fully saturated rings. The van der Waals surface area contributed by atoms with Crippen molar-refractivity contribution in [1.29, 1.82) is 0 Å². The second-order valence-electron chi connectivity index (χ2n) is 2.83. The van der Waals surface area contributed by atoms with Crippen LogP contribution in [0.5, 0.6) is 0 Å². The van der Waals surface area contributed by atoms with Crippen LogP contribution in [-0.4, -0.2) is 10.6 Å². The van der Waals surface area contributed by atoms with Crippen LogP contribution < -0.4 is 0 Å². The maximum atomic E-state index is 5.47. The predicted molar refractivity (Wildman–Crippen MR) is 37.1 cm³/mol. The van der Waals surface area contributed by atoms with E-state index in [4.69, 9.17) is 4.74 Å². The minimum absolute atomic E-state index is 0.119. The third-order valence-electron chi connectivity index (χ3n) is 1.42. The maximum Gasteiger partial charge on any atom is 0.113 e. The van der Waals surface area contributed by atoms with Crippen molar-refractivity contribution in [3.8, 4) is 0 Å². The average molecular weight is 179 g/mol. The van der Waals surface area contributed by atoms with Gasteiger partial charge in [-0.05, 0) is 26.7 Å². The van der Waals surface area contributed by atoms with Gasteiger partial charge in [-0.3, -0.25) is 0 Å². The number of hydrogen-bond donors (Lipinski definition) is 0. The lowest BCUT2D eigenvalue weighted by atomic mass is 10.1. The molecule has 0 radical (unpaired) electrons. The summed E-state index contributed by atoms with van der Waals surface area (Å²) >= 11 is 3.39. The van der Waals surface area contributed by atoms with Gasteiger partial charge in [-0.1, -0.05) is 15.9 Å². The summed E-state index contributed by atoms with van der Waals surface area (Å²) < 4.78 is 5.47. The molecule has 0 bridgehead atoms. The predicted octanol–water partition coefficient (Wildman–Crippen LogP) is 2.30. The van der Waals surface area contributed by atoms with Crippen molar-refractivity contribution in [3.63, 3.8) is 0 Å². The summed E-state index contributed by atoms with van der Waals surface area (Å²) in [6.45, 7) is 4.24. The molecule has 0 aliphatic carbocycles. The molecule has 1 aliphatic heterocycles. The van der Waals surface area contributed by atoms with E-state index in [1.165, 1.54) is 6.42 Å². The Morgan fingerprint density at radius 3 is 2.38 bits per heavy atom. The molecule has 1 nitrogen and oxygen atoms in total. The van der Waals surface area contributed by atoms with Crippen LogP contribution in [-0.2, 0) is 4.74 Å². The first-order valence-corrected chi connectivity index (χ1v) is 3.84. The van der Waals surface area contributed by atoms with Crippen LogP contribution in [0, 0.1) is 0 Å². The molecule has 0 aromatic rings. The molecule has 1 atom stereocenters. The van der Waals surface area contributed by atoms with E-state index in [2.05, 4.69) is 29.8 Å². The Hall–Kier alpha value is 0.440. The Kier molecular flexibility index (Phi) is 1.63. The summed E-state index contributed by atoms with van der Waals surface area (Å²) in [6.07, 6.45) is 2.32. The zero-order valence-corrected chi connectivity index (χ0v) is 6.86. The molecule has 0 N–H and O–H groups in total. The Bertz CT molecular complexity index is 90.5. The Morgan fingerprint density at radius 2 is 2.25 bits per heavy atom. The molecule has 1 unspecified atom stereocenters. The van der Waals surface area contributed by atoms with Gasteiger partial charge in [0.2, 0.25) is 0 Å². The van der Waals surface area contributed by atoms with Gasteiger partial charge in [-0.2, -0.15) is 0 Å². The third-order valence-corrected chi connectivity index (χ3v) is 2.07. The SMILES string of the molecule is CC1(C)CCC(Br)O1. The monoisotopic (exact) mass is 178 g/mol. The van der Waals surface area contributed by atoms with Crippen LogP contribution in [0.2, 0.25) is 0 Å². The fourth-order valence-corrected chi connectivity index (χ4v) is 1.66. The molecule has 0 aromatic heterocycles. The van der Waals surface area contributed by atoms with Crippen molar-refractivity contribution < 1.29 is 4.74 Å². The second-order valence-corrected chi connectivity index (χ2v) is 3.85. The van der Waals surface area contributed by atoms with Gasteiger partial charge in [-0.25, -0.2) is 0 Å². The highest BCUT2D eigenvalue weighted by Gasteiger charge is 2.29. The zero-order valence-electron chi connectivity index (χ0n) is 5.28. The largest absolute Gasteiger partial charge is 0.361 e. The van der Waals surface area contributed by atoms with Gasteiger partial charge in [0, 0.05) is 0 Å².